The number of amides is 1. The number of piperazine rings is 1. The van der Waals surface area contributed by atoms with Crippen molar-refractivity contribution in [2.24, 2.45) is 0 Å². The fraction of sp³-hybridized carbons (Fsp3) is 0.526. The Hall–Kier alpha value is -2.46. The molecule has 3 rings (SSSR count). The van der Waals surface area contributed by atoms with Gasteiger partial charge in [0.2, 0.25) is 22.0 Å². The molecule has 0 N–H and O–H groups in total. The third-order valence-electron chi connectivity index (χ3n) is 4.92. The van der Waals surface area contributed by atoms with Crippen LogP contribution in [0.1, 0.15) is 26.2 Å². The molecule has 0 radical (unpaired) electrons. The number of esters is 2. The summed E-state index contributed by atoms with van der Waals surface area (Å²) in [6.07, 6.45) is -1.07. The summed E-state index contributed by atoms with van der Waals surface area (Å²) in [6.45, 7) is 2.62. The lowest BCUT2D eigenvalue weighted by molar-refractivity contribution is -0.161. The largest absolute Gasteiger partial charge is 0.460 e. The molecule has 0 bridgehead atoms. The molecule has 0 unspecified atom stereocenters. The van der Waals surface area contributed by atoms with Crippen molar-refractivity contribution >= 4 is 27.9 Å². The van der Waals surface area contributed by atoms with Crippen LogP contribution in [0.2, 0.25) is 0 Å². The zero-order valence-corrected chi connectivity index (χ0v) is 17.0. The maximum atomic E-state index is 12.6. The molecule has 0 aromatic heterocycles. The molecule has 1 aromatic rings. The summed E-state index contributed by atoms with van der Waals surface area (Å²) >= 11 is 0. The van der Waals surface area contributed by atoms with Crippen LogP contribution in [0.4, 0.5) is 0 Å². The highest BCUT2D eigenvalue weighted by Gasteiger charge is 2.35. The average molecular weight is 424 g/mol. The molecule has 29 heavy (non-hydrogen) atoms. The second-order valence-corrected chi connectivity index (χ2v) is 9.00. The van der Waals surface area contributed by atoms with E-state index in [1.165, 1.54) is 9.21 Å². The van der Waals surface area contributed by atoms with Gasteiger partial charge in [0, 0.05) is 39.0 Å². The summed E-state index contributed by atoms with van der Waals surface area (Å²) in [4.78, 5) is 37.5. The number of hydrogen-bond donors (Lipinski definition) is 0. The first-order valence-electron chi connectivity index (χ1n) is 9.50. The fourth-order valence-electron chi connectivity index (χ4n) is 3.32. The molecule has 1 aromatic carbocycles. The fourth-order valence-corrected chi connectivity index (χ4v) is 4.76. The first-order chi connectivity index (χ1) is 13.8. The van der Waals surface area contributed by atoms with E-state index in [1.807, 2.05) is 0 Å². The highest BCUT2D eigenvalue weighted by Crippen LogP contribution is 2.19. The van der Waals surface area contributed by atoms with E-state index in [4.69, 9.17) is 9.47 Å². The summed E-state index contributed by atoms with van der Waals surface area (Å²) in [6, 6.07) is 8.16. The Bertz CT molecular complexity index is 864. The number of nitrogens with zero attached hydrogens (tertiary/aromatic N) is 2. The van der Waals surface area contributed by atoms with E-state index in [-0.39, 0.29) is 55.9 Å². The topological polar surface area (TPSA) is 110 Å². The minimum atomic E-state index is -3.58. The summed E-state index contributed by atoms with van der Waals surface area (Å²) in [5.41, 5.74) is 0. The van der Waals surface area contributed by atoms with Crippen LogP contribution in [-0.2, 0) is 33.9 Å². The molecular formula is C19H24N2O7S. The molecule has 2 fully saturated rings. The number of benzene rings is 1. The van der Waals surface area contributed by atoms with Crippen LogP contribution in [0.5, 0.6) is 0 Å². The molecule has 10 heteroatoms. The molecule has 0 saturated carbocycles. The lowest BCUT2D eigenvalue weighted by atomic mass is 10.2. The Kier molecular flexibility index (Phi) is 6.53. The van der Waals surface area contributed by atoms with E-state index >= 15 is 0 Å². The number of cyclic esters (lactones) is 1. The molecule has 0 spiro atoms. The standard InChI is InChI=1S/C19H24N2O7S/c1-14-13-16(19(24)27-14)28-18(23)8-7-17(22)20-9-11-21(12-10-20)29(25,26)15-5-3-2-4-6-15/h2-6,14,16H,7-13H2,1H3/t14-,16+/m1/s1. The van der Waals surface area contributed by atoms with Crippen LogP contribution in [0.25, 0.3) is 0 Å². The third-order valence-corrected chi connectivity index (χ3v) is 6.83. The van der Waals surface area contributed by atoms with Gasteiger partial charge < -0.3 is 14.4 Å². The quantitative estimate of drug-likeness (QED) is 0.613. The van der Waals surface area contributed by atoms with Crippen molar-refractivity contribution in [1.29, 1.82) is 0 Å². The molecule has 2 saturated heterocycles. The first-order valence-corrected chi connectivity index (χ1v) is 10.9. The molecular weight excluding hydrogens is 400 g/mol. The average Bonchev–Trinajstić information content (AvgIpc) is 3.03. The smallest absolute Gasteiger partial charge is 0.347 e. The Morgan fingerprint density at radius 3 is 2.34 bits per heavy atom. The van der Waals surface area contributed by atoms with Crippen molar-refractivity contribution in [3.05, 3.63) is 30.3 Å². The Labute approximate surface area is 169 Å². The SMILES string of the molecule is C[C@@H]1C[C@H](OC(=O)CCC(=O)N2CCN(S(=O)(=O)c3ccccc3)CC2)C(=O)O1. The second kappa shape index (κ2) is 8.91. The number of sulfonamides is 1. The van der Waals surface area contributed by atoms with E-state index in [0.717, 1.165) is 0 Å². The van der Waals surface area contributed by atoms with Crippen LogP contribution < -0.4 is 0 Å². The molecule has 1 amide bonds. The summed E-state index contributed by atoms with van der Waals surface area (Å²) in [7, 11) is -3.58. The van der Waals surface area contributed by atoms with Crippen LogP contribution in [0.3, 0.4) is 0 Å². The zero-order chi connectivity index (χ0) is 21.0. The molecule has 2 heterocycles. The van der Waals surface area contributed by atoms with Gasteiger partial charge in [-0.05, 0) is 19.1 Å². The maximum Gasteiger partial charge on any atom is 0.347 e. The van der Waals surface area contributed by atoms with Crippen molar-refractivity contribution in [3.8, 4) is 0 Å². The summed E-state index contributed by atoms with van der Waals surface area (Å²) in [5.74, 6) is -1.44. The molecule has 158 valence electrons. The van der Waals surface area contributed by atoms with Gasteiger partial charge in [-0.3, -0.25) is 9.59 Å². The third kappa shape index (κ3) is 5.13. The Morgan fingerprint density at radius 1 is 1.10 bits per heavy atom. The Morgan fingerprint density at radius 2 is 1.76 bits per heavy atom. The van der Waals surface area contributed by atoms with Crippen molar-refractivity contribution in [1.82, 2.24) is 9.21 Å². The zero-order valence-electron chi connectivity index (χ0n) is 16.2. The van der Waals surface area contributed by atoms with Gasteiger partial charge in [-0.15, -0.1) is 0 Å². The van der Waals surface area contributed by atoms with Crippen molar-refractivity contribution in [3.63, 3.8) is 0 Å². The van der Waals surface area contributed by atoms with E-state index < -0.39 is 28.1 Å². The minimum absolute atomic E-state index is 0.0540. The second-order valence-electron chi connectivity index (χ2n) is 7.06. The van der Waals surface area contributed by atoms with Crippen molar-refractivity contribution in [2.45, 2.75) is 43.3 Å². The van der Waals surface area contributed by atoms with Crippen LogP contribution in [0, 0.1) is 0 Å². The Balaban J connectivity index is 1.44. The summed E-state index contributed by atoms with van der Waals surface area (Å²) < 4.78 is 36.6. The van der Waals surface area contributed by atoms with Crippen LogP contribution in [0.15, 0.2) is 35.2 Å². The van der Waals surface area contributed by atoms with Gasteiger partial charge in [-0.2, -0.15) is 4.31 Å². The normalized spacial score (nSPS) is 22.9. The van der Waals surface area contributed by atoms with Crippen LogP contribution >= 0.6 is 0 Å². The van der Waals surface area contributed by atoms with E-state index in [0.29, 0.717) is 6.42 Å². The number of hydrogen-bond acceptors (Lipinski definition) is 7. The first kappa shape index (κ1) is 21.3. The van der Waals surface area contributed by atoms with Gasteiger partial charge in [0.15, 0.2) is 0 Å². The van der Waals surface area contributed by atoms with E-state index in [1.54, 1.807) is 37.3 Å². The van der Waals surface area contributed by atoms with Gasteiger partial charge >= 0.3 is 11.9 Å². The number of ether oxygens (including phenoxy) is 2. The highest BCUT2D eigenvalue weighted by molar-refractivity contribution is 7.89. The van der Waals surface area contributed by atoms with E-state index in [9.17, 15) is 22.8 Å². The van der Waals surface area contributed by atoms with Gasteiger partial charge in [-0.25, -0.2) is 13.2 Å². The highest BCUT2D eigenvalue weighted by atomic mass is 32.2. The maximum absolute atomic E-state index is 12.6. The molecule has 2 aliphatic rings. The molecule has 9 nitrogen and oxygen atoms in total. The van der Waals surface area contributed by atoms with Gasteiger partial charge in [-0.1, -0.05) is 18.2 Å². The predicted molar refractivity (Wildman–Crippen MR) is 101 cm³/mol. The van der Waals surface area contributed by atoms with Gasteiger partial charge in [0.25, 0.3) is 0 Å². The lowest BCUT2D eigenvalue weighted by Crippen LogP contribution is -2.50. The number of carbonyl (C=O) groups excluding carboxylic acids is 3. The minimum Gasteiger partial charge on any atom is -0.460 e. The van der Waals surface area contributed by atoms with Crippen LogP contribution in [-0.4, -0.2) is 73.9 Å². The summed E-state index contributed by atoms with van der Waals surface area (Å²) in [5, 5.41) is 0. The predicted octanol–water partition coefficient (Wildman–Crippen LogP) is 0.547. The van der Waals surface area contributed by atoms with Gasteiger partial charge in [0.1, 0.15) is 6.10 Å². The van der Waals surface area contributed by atoms with Crippen molar-refractivity contribution in [2.75, 3.05) is 26.2 Å². The lowest BCUT2D eigenvalue weighted by Gasteiger charge is -2.34. The van der Waals surface area contributed by atoms with Gasteiger partial charge in [0.05, 0.1) is 11.3 Å². The van der Waals surface area contributed by atoms with E-state index in [2.05, 4.69) is 0 Å². The number of carbonyl (C=O) groups is 3. The van der Waals surface area contributed by atoms with Crippen molar-refractivity contribution < 1.29 is 32.3 Å². The molecule has 2 atom stereocenters. The molecule has 2 aliphatic heterocycles. The number of rotatable bonds is 6. The monoisotopic (exact) mass is 424 g/mol. The molecule has 0 aliphatic carbocycles.